The largest absolute Gasteiger partial charge is 0.480 e. The quantitative estimate of drug-likeness (QED) is 0.895. The number of anilines is 1. The zero-order chi connectivity index (χ0) is 14.6. The molecule has 19 heavy (non-hydrogen) atoms. The maximum absolute atomic E-state index is 12.1. The normalized spacial score (nSPS) is 12.6. The number of ether oxygens (including phenoxy) is 1. The highest BCUT2D eigenvalue weighted by Crippen LogP contribution is 2.19. The Bertz CT molecular complexity index is 456. The molecule has 1 rings (SSSR count). The van der Waals surface area contributed by atoms with Gasteiger partial charge in [-0.2, -0.15) is 0 Å². The predicted octanol–water partition coefficient (Wildman–Crippen LogP) is 1.69. The van der Waals surface area contributed by atoms with E-state index in [1.165, 1.54) is 25.6 Å². The van der Waals surface area contributed by atoms with Gasteiger partial charge in [-0.15, -0.1) is 0 Å². The van der Waals surface area contributed by atoms with E-state index in [2.05, 4.69) is 9.97 Å². The second-order valence-corrected chi connectivity index (χ2v) is 4.96. The number of hydrogen-bond acceptors (Lipinski definition) is 5. The van der Waals surface area contributed by atoms with Crippen LogP contribution in [0.1, 0.15) is 27.7 Å². The van der Waals surface area contributed by atoms with Crippen LogP contribution in [0.25, 0.3) is 0 Å². The fourth-order valence-corrected chi connectivity index (χ4v) is 1.32. The third-order valence-corrected chi connectivity index (χ3v) is 2.16. The van der Waals surface area contributed by atoms with Crippen molar-refractivity contribution in [3.63, 3.8) is 0 Å². The highest BCUT2D eigenvalue weighted by atomic mass is 16.6. The minimum absolute atomic E-state index is 0.270. The fraction of sp³-hybridized carbons (Fsp3) is 0.500. The zero-order valence-corrected chi connectivity index (χ0v) is 11.3. The van der Waals surface area contributed by atoms with E-state index in [-0.39, 0.29) is 5.69 Å². The number of aromatic nitrogens is 2. The van der Waals surface area contributed by atoms with Crippen LogP contribution in [0.4, 0.5) is 10.5 Å². The van der Waals surface area contributed by atoms with Crippen molar-refractivity contribution < 1.29 is 19.4 Å². The highest BCUT2D eigenvalue weighted by molar-refractivity contribution is 5.94. The molecular weight excluding hydrogens is 250 g/mol. The van der Waals surface area contributed by atoms with Crippen LogP contribution < -0.4 is 4.90 Å². The molecule has 0 saturated carbocycles. The van der Waals surface area contributed by atoms with Gasteiger partial charge in [0.2, 0.25) is 0 Å². The molecule has 7 nitrogen and oxygen atoms in total. The second kappa shape index (κ2) is 5.64. The van der Waals surface area contributed by atoms with E-state index in [0.29, 0.717) is 0 Å². The zero-order valence-electron chi connectivity index (χ0n) is 11.3. The first-order valence-corrected chi connectivity index (χ1v) is 5.72. The Morgan fingerprint density at radius 3 is 2.26 bits per heavy atom. The summed E-state index contributed by atoms with van der Waals surface area (Å²) in [4.78, 5) is 31.7. The molecule has 0 radical (unpaired) electrons. The maximum Gasteiger partial charge on any atom is 0.415 e. The minimum atomic E-state index is -1.14. The van der Waals surface area contributed by atoms with Crippen molar-refractivity contribution in [2.24, 2.45) is 0 Å². The Morgan fingerprint density at radius 2 is 1.84 bits per heavy atom. The molecule has 0 unspecified atom stereocenters. The molecule has 0 aliphatic carbocycles. The summed E-state index contributed by atoms with van der Waals surface area (Å²) in [5.41, 5.74) is -0.449. The lowest BCUT2D eigenvalue weighted by atomic mass is 10.2. The second-order valence-electron chi connectivity index (χ2n) is 4.96. The first-order valence-electron chi connectivity index (χ1n) is 5.72. The Hall–Kier alpha value is -2.18. The van der Waals surface area contributed by atoms with Gasteiger partial charge >= 0.3 is 12.1 Å². The lowest BCUT2D eigenvalue weighted by Gasteiger charge is -2.29. The number of carbonyl (C=O) groups excluding carboxylic acids is 1. The van der Waals surface area contributed by atoms with Crippen molar-refractivity contribution in [2.45, 2.75) is 39.3 Å². The summed E-state index contributed by atoms with van der Waals surface area (Å²) in [6.45, 7) is 6.50. The summed E-state index contributed by atoms with van der Waals surface area (Å²) in [6.07, 6.45) is 3.26. The van der Waals surface area contributed by atoms with E-state index in [4.69, 9.17) is 9.84 Å². The van der Waals surface area contributed by atoms with Crippen LogP contribution in [0.5, 0.6) is 0 Å². The van der Waals surface area contributed by atoms with E-state index < -0.39 is 23.7 Å². The SMILES string of the molecule is C[C@H](C(=O)O)N(C(=O)OC(C)(C)C)c1cncnc1. The van der Waals surface area contributed by atoms with Gasteiger partial charge in [-0.1, -0.05) is 0 Å². The Morgan fingerprint density at radius 1 is 1.32 bits per heavy atom. The number of carbonyl (C=O) groups is 2. The van der Waals surface area contributed by atoms with E-state index in [1.807, 2.05) is 0 Å². The predicted molar refractivity (Wildman–Crippen MR) is 67.8 cm³/mol. The van der Waals surface area contributed by atoms with Crippen LogP contribution in [-0.2, 0) is 9.53 Å². The van der Waals surface area contributed by atoms with Crippen molar-refractivity contribution in [1.82, 2.24) is 9.97 Å². The van der Waals surface area contributed by atoms with Gasteiger partial charge in [-0.05, 0) is 27.7 Å². The molecule has 1 aromatic heterocycles. The van der Waals surface area contributed by atoms with Crippen LogP contribution in [-0.4, -0.2) is 38.8 Å². The van der Waals surface area contributed by atoms with Gasteiger partial charge in [0.25, 0.3) is 0 Å². The standard InChI is InChI=1S/C12H17N3O4/c1-8(10(16)17)15(9-5-13-7-14-6-9)11(18)19-12(2,3)4/h5-8H,1-4H3,(H,16,17)/t8-/m1/s1. The first-order chi connectivity index (χ1) is 8.72. The van der Waals surface area contributed by atoms with Gasteiger partial charge < -0.3 is 9.84 Å². The molecule has 1 amide bonds. The van der Waals surface area contributed by atoms with Crippen LogP contribution in [0, 0.1) is 0 Å². The van der Waals surface area contributed by atoms with Crippen LogP contribution in [0.2, 0.25) is 0 Å². The molecule has 1 atom stereocenters. The van der Waals surface area contributed by atoms with Gasteiger partial charge in [-0.25, -0.2) is 19.6 Å². The average molecular weight is 267 g/mol. The third-order valence-electron chi connectivity index (χ3n) is 2.16. The average Bonchev–Trinajstić information content (AvgIpc) is 2.28. The molecule has 104 valence electrons. The number of rotatable bonds is 3. The smallest absolute Gasteiger partial charge is 0.415 e. The summed E-state index contributed by atoms with van der Waals surface area (Å²) in [7, 11) is 0. The van der Waals surface area contributed by atoms with Crippen molar-refractivity contribution in [2.75, 3.05) is 4.90 Å². The summed E-state index contributed by atoms with van der Waals surface area (Å²) >= 11 is 0. The fourth-order valence-electron chi connectivity index (χ4n) is 1.32. The topological polar surface area (TPSA) is 92.6 Å². The molecule has 0 saturated heterocycles. The van der Waals surface area contributed by atoms with Gasteiger partial charge in [0.15, 0.2) is 0 Å². The maximum atomic E-state index is 12.1. The van der Waals surface area contributed by atoms with Crippen molar-refractivity contribution in [3.8, 4) is 0 Å². The molecule has 7 heteroatoms. The molecule has 0 aliphatic rings. The first kappa shape index (κ1) is 14.9. The molecule has 0 spiro atoms. The van der Waals surface area contributed by atoms with Gasteiger partial charge in [0.1, 0.15) is 18.0 Å². The number of amides is 1. The van der Waals surface area contributed by atoms with Gasteiger partial charge in [0.05, 0.1) is 18.1 Å². The molecule has 1 aromatic rings. The number of aliphatic carboxylic acids is 1. The van der Waals surface area contributed by atoms with Crippen LogP contribution in [0.3, 0.4) is 0 Å². The van der Waals surface area contributed by atoms with E-state index in [0.717, 1.165) is 4.90 Å². The summed E-state index contributed by atoms with van der Waals surface area (Å²) in [5, 5.41) is 9.07. The third kappa shape index (κ3) is 4.20. The summed E-state index contributed by atoms with van der Waals surface area (Å²) in [6, 6.07) is -1.08. The van der Waals surface area contributed by atoms with Gasteiger partial charge in [-0.3, -0.25) is 4.90 Å². The van der Waals surface area contributed by atoms with E-state index in [1.54, 1.807) is 20.8 Å². The van der Waals surface area contributed by atoms with Gasteiger partial charge in [0, 0.05) is 0 Å². The molecule has 0 aromatic carbocycles. The number of carboxylic acid groups (broad SMARTS) is 1. The Balaban J connectivity index is 3.07. The van der Waals surface area contributed by atoms with E-state index >= 15 is 0 Å². The van der Waals surface area contributed by atoms with Crippen molar-refractivity contribution >= 4 is 17.7 Å². The molecule has 1 N–H and O–H groups in total. The lowest BCUT2D eigenvalue weighted by molar-refractivity contribution is -0.138. The molecule has 0 aliphatic heterocycles. The number of carboxylic acids is 1. The molecular formula is C12H17N3O4. The molecule has 1 heterocycles. The monoisotopic (exact) mass is 267 g/mol. The number of hydrogen-bond donors (Lipinski definition) is 1. The van der Waals surface area contributed by atoms with Crippen LogP contribution in [0.15, 0.2) is 18.7 Å². The van der Waals surface area contributed by atoms with Crippen molar-refractivity contribution in [3.05, 3.63) is 18.7 Å². The van der Waals surface area contributed by atoms with Crippen molar-refractivity contribution in [1.29, 1.82) is 0 Å². The minimum Gasteiger partial charge on any atom is -0.480 e. The van der Waals surface area contributed by atoms with Crippen LogP contribution >= 0.6 is 0 Å². The molecule has 0 fully saturated rings. The lowest BCUT2D eigenvalue weighted by Crippen LogP contribution is -2.46. The van der Waals surface area contributed by atoms with E-state index in [9.17, 15) is 9.59 Å². The Kier molecular flexibility index (Phi) is 4.42. The Labute approximate surface area is 111 Å². The highest BCUT2D eigenvalue weighted by Gasteiger charge is 2.31. The summed E-state index contributed by atoms with van der Waals surface area (Å²) < 4.78 is 5.19. The number of nitrogens with zero attached hydrogens (tertiary/aromatic N) is 3. The molecule has 0 bridgehead atoms. The summed E-state index contributed by atoms with van der Waals surface area (Å²) in [5.74, 6) is -1.14.